The Kier molecular flexibility index (Phi) is 9.82. The van der Waals surface area contributed by atoms with Gasteiger partial charge in [0.25, 0.3) is 0 Å². The van der Waals surface area contributed by atoms with Gasteiger partial charge in [-0.1, -0.05) is 37.4 Å². The number of thioether (sulfide) groups is 1. The predicted molar refractivity (Wildman–Crippen MR) is 164 cm³/mol. The molecule has 2 aliphatic heterocycles. The lowest BCUT2D eigenvalue weighted by atomic mass is 9.89. The largest absolute Gasteiger partial charge is 0.463 e. The van der Waals surface area contributed by atoms with E-state index in [1.54, 1.807) is 12.3 Å². The Balaban J connectivity index is 1.53. The Hall–Kier alpha value is -3.30. The number of rotatable bonds is 11. The molecule has 0 bridgehead atoms. The molecule has 43 heavy (non-hydrogen) atoms. The molecule has 3 heterocycles. The summed E-state index contributed by atoms with van der Waals surface area (Å²) in [7, 11) is 0. The summed E-state index contributed by atoms with van der Waals surface area (Å²) in [4.78, 5) is 11.4. The third kappa shape index (κ3) is 6.78. The summed E-state index contributed by atoms with van der Waals surface area (Å²) >= 11 is 0.834. The second-order valence-electron chi connectivity index (χ2n) is 11.1. The van der Waals surface area contributed by atoms with Crippen LogP contribution < -0.4 is 10.5 Å². The molecule has 0 amide bonds. The molecule has 2 fully saturated rings. The van der Waals surface area contributed by atoms with E-state index in [2.05, 4.69) is 27.5 Å². The van der Waals surface area contributed by atoms with E-state index in [0.717, 1.165) is 69.4 Å². The van der Waals surface area contributed by atoms with Gasteiger partial charge in [0, 0.05) is 54.4 Å². The van der Waals surface area contributed by atoms with Crippen molar-refractivity contribution in [3.63, 3.8) is 0 Å². The Bertz CT molecular complexity index is 1540. The highest BCUT2D eigenvalue weighted by atomic mass is 32.2. The minimum absolute atomic E-state index is 0.0261. The van der Waals surface area contributed by atoms with Gasteiger partial charge in [0.05, 0.1) is 41.9 Å². The molecule has 1 saturated carbocycles. The number of aromatic nitrogens is 2. The molecule has 3 aliphatic rings. The van der Waals surface area contributed by atoms with Crippen LogP contribution in [0.2, 0.25) is 0 Å². The number of nitrogens with zero attached hydrogens (tertiary/aromatic N) is 4. The van der Waals surface area contributed by atoms with Crippen LogP contribution in [0.15, 0.2) is 46.3 Å². The molecule has 1 saturated heterocycles. The molecule has 11 heteroatoms. The number of ether oxygens (including phenoxy) is 3. The first kappa shape index (κ1) is 31.1. The molecule has 2 aromatic rings. The Labute approximate surface area is 255 Å². The van der Waals surface area contributed by atoms with E-state index in [-0.39, 0.29) is 56.8 Å². The van der Waals surface area contributed by atoms with Crippen molar-refractivity contribution < 1.29 is 23.0 Å². The molecular weight excluding hydrogens is 572 g/mol. The molecule has 0 radical (unpaired) electrons. The zero-order valence-electron chi connectivity index (χ0n) is 24.7. The van der Waals surface area contributed by atoms with Crippen molar-refractivity contribution in [2.45, 2.75) is 52.7 Å². The van der Waals surface area contributed by atoms with Crippen molar-refractivity contribution in [1.29, 1.82) is 5.26 Å². The van der Waals surface area contributed by atoms with E-state index < -0.39 is 11.6 Å². The van der Waals surface area contributed by atoms with Crippen molar-refractivity contribution in [2.75, 3.05) is 39.5 Å². The number of allylic oxidation sites excluding steroid dienone is 5. The predicted octanol–water partition coefficient (Wildman–Crippen LogP) is 6.29. The highest BCUT2D eigenvalue weighted by molar-refractivity contribution is 8.06. The van der Waals surface area contributed by atoms with Gasteiger partial charge >= 0.3 is 6.01 Å². The zero-order chi connectivity index (χ0) is 30.6. The molecule has 0 atom stereocenters. The molecule has 228 valence electrons. The fourth-order valence-corrected chi connectivity index (χ4v) is 6.40. The fraction of sp³-hybridized carbons (Fsp3) is 0.469. The summed E-state index contributed by atoms with van der Waals surface area (Å²) in [5.74, 6) is -1.29. The van der Waals surface area contributed by atoms with Crippen LogP contribution in [0.25, 0.3) is 16.5 Å². The van der Waals surface area contributed by atoms with E-state index in [1.165, 1.54) is 13.0 Å². The summed E-state index contributed by atoms with van der Waals surface area (Å²) < 4.78 is 49.2. The number of benzene rings is 1. The molecule has 0 unspecified atom stereocenters. The van der Waals surface area contributed by atoms with Gasteiger partial charge in [-0.3, -0.25) is 0 Å². The first-order valence-electron chi connectivity index (χ1n) is 14.6. The number of fused-ring (bicyclic) bond motifs is 3. The topological polar surface area (TPSA) is 107 Å². The lowest BCUT2D eigenvalue weighted by Crippen LogP contribution is -2.35. The third-order valence-corrected chi connectivity index (χ3v) is 8.87. The lowest BCUT2D eigenvalue weighted by molar-refractivity contribution is 0.127. The van der Waals surface area contributed by atoms with E-state index in [9.17, 15) is 5.26 Å². The second kappa shape index (κ2) is 13.6. The summed E-state index contributed by atoms with van der Waals surface area (Å²) in [6, 6.07) is 2.19. The zero-order valence-corrected chi connectivity index (χ0v) is 25.5. The quantitative estimate of drug-likeness (QED) is 0.232. The molecular formula is C32H37F2N5O3S. The Morgan fingerprint density at radius 1 is 1.28 bits per heavy atom. The van der Waals surface area contributed by atoms with Crippen molar-refractivity contribution >= 4 is 28.2 Å². The van der Waals surface area contributed by atoms with Crippen molar-refractivity contribution in [2.24, 2.45) is 11.1 Å². The number of nitriles is 1. The number of halogens is 2. The van der Waals surface area contributed by atoms with Crippen LogP contribution >= 0.6 is 11.8 Å². The van der Waals surface area contributed by atoms with E-state index in [1.807, 2.05) is 6.92 Å². The molecule has 1 aromatic heterocycles. The normalized spacial score (nSPS) is 19.4. The number of hydrogen-bond acceptors (Lipinski definition) is 9. The lowest BCUT2D eigenvalue weighted by Gasteiger charge is -2.25. The van der Waals surface area contributed by atoms with Gasteiger partial charge in [-0.25, -0.2) is 13.8 Å². The van der Waals surface area contributed by atoms with Gasteiger partial charge in [-0.15, -0.1) is 0 Å². The molecule has 5 rings (SSSR count). The SMILES string of the molecule is C=C(N)SC(=C(C#N)/C(=C/CC)c1c2c(c3cnc(OCC4(CN5CCCOCC5)CC4)nc3c1F)COC2)/C(F)=C\C. The molecule has 1 aliphatic carbocycles. The third-order valence-electron chi connectivity index (χ3n) is 8.01. The van der Waals surface area contributed by atoms with Gasteiger partial charge in [0.15, 0.2) is 5.82 Å². The monoisotopic (exact) mass is 609 g/mol. The van der Waals surface area contributed by atoms with Crippen molar-refractivity contribution in [1.82, 2.24) is 14.9 Å². The molecule has 1 aromatic carbocycles. The van der Waals surface area contributed by atoms with Crippen LogP contribution in [0.1, 0.15) is 56.2 Å². The maximum atomic E-state index is 16.7. The minimum atomic E-state index is -0.649. The maximum Gasteiger partial charge on any atom is 0.317 e. The van der Waals surface area contributed by atoms with Crippen LogP contribution in [0.3, 0.4) is 0 Å². The van der Waals surface area contributed by atoms with E-state index >= 15 is 8.78 Å². The highest BCUT2D eigenvalue weighted by Crippen LogP contribution is 2.47. The Morgan fingerprint density at radius 2 is 2.07 bits per heavy atom. The fourth-order valence-electron chi connectivity index (χ4n) is 5.67. The molecule has 0 spiro atoms. The standard InChI is InChI=1S/C32H37F2N5O3S/c1-4-7-21(22(14-35)30(26(33)5-2)43-20(3)36)27-25-17-41-16-24(25)23-15-37-31(38-29(23)28(27)34)42-19-32(8-9-32)18-39-10-6-12-40-13-11-39/h5,7,15H,3-4,6,8-13,16-19,36H2,1-2H3/b21-7-,26-5+,30-22+. The number of hydrogen-bond donors (Lipinski definition) is 1. The smallest absolute Gasteiger partial charge is 0.317 e. The van der Waals surface area contributed by atoms with E-state index in [0.29, 0.717) is 24.0 Å². The number of nitrogens with two attached hydrogens (primary N) is 1. The van der Waals surface area contributed by atoms with Gasteiger partial charge in [0.1, 0.15) is 17.4 Å². The average molecular weight is 610 g/mol. The maximum absolute atomic E-state index is 16.7. The first-order chi connectivity index (χ1) is 20.8. The second-order valence-corrected chi connectivity index (χ2v) is 12.3. The van der Waals surface area contributed by atoms with Gasteiger partial charge in [0.2, 0.25) is 0 Å². The summed E-state index contributed by atoms with van der Waals surface area (Å²) in [6.07, 6.45) is 8.11. The molecule has 8 nitrogen and oxygen atoms in total. The van der Waals surface area contributed by atoms with Gasteiger partial charge in [-0.05, 0) is 43.7 Å². The molecule has 2 N–H and O–H groups in total. The Morgan fingerprint density at radius 3 is 2.77 bits per heavy atom. The average Bonchev–Trinajstić information content (AvgIpc) is 3.68. The van der Waals surface area contributed by atoms with Crippen LogP contribution in [-0.4, -0.2) is 54.3 Å². The van der Waals surface area contributed by atoms with Crippen LogP contribution in [-0.2, 0) is 22.7 Å². The minimum Gasteiger partial charge on any atom is -0.463 e. The highest BCUT2D eigenvalue weighted by Gasteiger charge is 2.45. The van der Waals surface area contributed by atoms with Crippen LogP contribution in [0, 0.1) is 22.6 Å². The summed E-state index contributed by atoms with van der Waals surface area (Å²) in [6.45, 7) is 12.2. The summed E-state index contributed by atoms with van der Waals surface area (Å²) in [5, 5.41) is 10.9. The van der Waals surface area contributed by atoms with E-state index in [4.69, 9.17) is 19.9 Å². The van der Waals surface area contributed by atoms with Crippen molar-refractivity contribution in [3.05, 3.63) is 68.8 Å². The van der Waals surface area contributed by atoms with Crippen molar-refractivity contribution in [3.8, 4) is 12.1 Å². The van der Waals surface area contributed by atoms with Crippen LogP contribution in [0.4, 0.5) is 8.78 Å². The van der Waals surface area contributed by atoms with Crippen LogP contribution in [0.5, 0.6) is 6.01 Å². The van der Waals surface area contributed by atoms with Gasteiger partial charge < -0.3 is 24.8 Å². The first-order valence-corrected chi connectivity index (χ1v) is 15.4. The summed E-state index contributed by atoms with van der Waals surface area (Å²) in [5.41, 5.74) is 7.61. The van der Waals surface area contributed by atoms with Gasteiger partial charge in [-0.2, -0.15) is 10.2 Å².